The van der Waals surface area contributed by atoms with Gasteiger partial charge in [0, 0.05) is 29.7 Å². The molecule has 2 heterocycles. The molecule has 0 bridgehead atoms. The highest BCUT2D eigenvalue weighted by Gasteiger charge is 2.42. The number of carbonyl (C=O) groups is 3. The summed E-state index contributed by atoms with van der Waals surface area (Å²) in [5.41, 5.74) is 1.03. The summed E-state index contributed by atoms with van der Waals surface area (Å²) in [7, 11) is 0. The molecule has 2 aliphatic rings. The maximum absolute atomic E-state index is 13.8. The van der Waals surface area contributed by atoms with Gasteiger partial charge in [-0.15, -0.1) is 0 Å². The number of piperidine rings is 2. The van der Waals surface area contributed by atoms with Crippen LogP contribution in [-0.4, -0.2) is 67.2 Å². The molecule has 4 rings (SSSR count). The zero-order valence-corrected chi connectivity index (χ0v) is 22.4. The molecule has 0 unspecified atom stereocenters. The molecule has 2 fully saturated rings. The Morgan fingerprint density at radius 2 is 1.71 bits per heavy atom. The first-order valence-corrected chi connectivity index (χ1v) is 13.6. The third-order valence-corrected chi connectivity index (χ3v) is 7.36. The molecule has 2 aromatic rings. The van der Waals surface area contributed by atoms with E-state index in [1.807, 2.05) is 48.5 Å². The van der Waals surface area contributed by atoms with E-state index in [0.717, 1.165) is 11.1 Å². The molecule has 0 spiro atoms. The van der Waals surface area contributed by atoms with E-state index in [9.17, 15) is 14.4 Å². The quantitative estimate of drug-likeness (QED) is 0.367. The highest BCUT2D eigenvalue weighted by Crippen LogP contribution is 2.25. The van der Waals surface area contributed by atoms with Gasteiger partial charge in [0.2, 0.25) is 5.91 Å². The Balaban J connectivity index is 1.51. The number of hydrogen-bond donors (Lipinski definition) is 3. The lowest BCUT2D eigenvalue weighted by atomic mass is 9.85. The first-order valence-electron chi connectivity index (χ1n) is 13.2. The largest absolute Gasteiger partial charge is 0.450 e. The number of rotatable bonds is 7. The minimum absolute atomic E-state index is 0.0740. The molecule has 38 heavy (non-hydrogen) atoms. The van der Waals surface area contributed by atoms with Crippen LogP contribution in [-0.2, 0) is 14.3 Å². The van der Waals surface area contributed by atoms with Crippen molar-refractivity contribution in [2.24, 2.45) is 0 Å². The Bertz CT molecular complexity index is 1140. The molecule has 9 heteroatoms. The van der Waals surface area contributed by atoms with Crippen molar-refractivity contribution in [2.75, 3.05) is 32.8 Å². The molecule has 202 valence electrons. The number of nitrogens with zero attached hydrogens (tertiary/aromatic N) is 1. The summed E-state index contributed by atoms with van der Waals surface area (Å²) < 4.78 is 5.09. The summed E-state index contributed by atoms with van der Waals surface area (Å²) in [6.07, 6.45) is 3.74. The van der Waals surface area contributed by atoms with Crippen LogP contribution >= 0.6 is 11.6 Å². The molecule has 0 radical (unpaired) electrons. The van der Waals surface area contributed by atoms with Gasteiger partial charge in [-0.05, 0) is 75.0 Å². The van der Waals surface area contributed by atoms with Gasteiger partial charge in [0.15, 0.2) is 0 Å². The third-order valence-electron chi connectivity index (χ3n) is 7.11. The maximum atomic E-state index is 13.8. The van der Waals surface area contributed by atoms with E-state index in [4.69, 9.17) is 16.3 Å². The first kappa shape index (κ1) is 27.7. The highest BCUT2D eigenvalue weighted by molar-refractivity contribution is 6.30. The zero-order chi connectivity index (χ0) is 27.0. The molecular weight excluding hydrogens is 504 g/mol. The fraction of sp³-hybridized carbons (Fsp3) is 0.414. The minimum atomic E-state index is -1.03. The van der Waals surface area contributed by atoms with Crippen molar-refractivity contribution in [2.45, 2.75) is 44.2 Å². The van der Waals surface area contributed by atoms with Crippen molar-refractivity contribution < 1.29 is 19.1 Å². The van der Waals surface area contributed by atoms with Crippen molar-refractivity contribution in [1.82, 2.24) is 20.9 Å². The molecule has 0 atom stereocenters. The van der Waals surface area contributed by atoms with E-state index >= 15 is 0 Å². The van der Waals surface area contributed by atoms with E-state index < -0.39 is 5.54 Å². The lowest BCUT2D eigenvalue weighted by molar-refractivity contribution is -0.133. The van der Waals surface area contributed by atoms with Gasteiger partial charge in [-0.1, -0.05) is 54.1 Å². The summed E-state index contributed by atoms with van der Waals surface area (Å²) in [5.74, 6) is -0.485. The van der Waals surface area contributed by atoms with E-state index in [1.165, 1.54) is 0 Å². The minimum Gasteiger partial charge on any atom is -0.450 e. The Kier molecular flexibility index (Phi) is 9.42. The van der Waals surface area contributed by atoms with E-state index in [-0.39, 0.29) is 23.9 Å². The predicted octanol–water partition coefficient (Wildman–Crippen LogP) is 3.86. The first-order chi connectivity index (χ1) is 18.4. The average Bonchev–Trinajstić information content (AvgIpc) is 2.94. The van der Waals surface area contributed by atoms with Crippen molar-refractivity contribution in [3.8, 4) is 0 Å². The van der Waals surface area contributed by atoms with Gasteiger partial charge in [-0.3, -0.25) is 9.59 Å². The lowest BCUT2D eigenvalue weighted by Crippen LogP contribution is -2.64. The average molecular weight is 539 g/mol. The van der Waals surface area contributed by atoms with Crippen molar-refractivity contribution in [1.29, 1.82) is 0 Å². The zero-order valence-electron chi connectivity index (χ0n) is 21.7. The molecule has 2 aromatic carbocycles. The van der Waals surface area contributed by atoms with Crippen LogP contribution in [0.25, 0.3) is 11.6 Å². The normalized spacial score (nSPS) is 17.9. The van der Waals surface area contributed by atoms with Crippen molar-refractivity contribution in [3.05, 3.63) is 70.7 Å². The van der Waals surface area contributed by atoms with Crippen LogP contribution in [0.1, 0.15) is 43.7 Å². The number of halogens is 1. The standard InChI is InChI=1S/C29H35ClN4O4/c1-2-38-28(37)34-18-12-24(13-19-34)32-27(36)29(14-16-31-17-15-29)33-26(35)25(22-6-4-3-5-7-22)20-21-8-10-23(30)11-9-21/h3-11,20,24,31H,2,12-19H2,1H3,(H,32,36)(H,33,35)/b25-20+. The molecule has 2 saturated heterocycles. The van der Waals surface area contributed by atoms with Crippen LogP contribution in [0.4, 0.5) is 4.79 Å². The van der Waals surface area contributed by atoms with Crippen molar-refractivity contribution in [3.63, 3.8) is 0 Å². The fourth-order valence-electron chi connectivity index (χ4n) is 4.92. The molecule has 2 aliphatic heterocycles. The fourth-order valence-corrected chi connectivity index (χ4v) is 5.04. The number of hydrogen-bond acceptors (Lipinski definition) is 5. The summed E-state index contributed by atoms with van der Waals surface area (Å²) in [6, 6.07) is 16.6. The van der Waals surface area contributed by atoms with Gasteiger partial charge in [-0.25, -0.2) is 4.79 Å². The van der Waals surface area contributed by atoms with Gasteiger partial charge in [-0.2, -0.15) is 0 Å². The summed E-state index contributed by atoms with van der Waals surface area (Å²) in [4.78, 5) is 41.2. The van der Waals surface area contributed by atoms with E-state index in [2.05, 4.69) is 16.0 Å². The number of ether oxygens (including phenoxy) is 1. The van der Waals surface area contributed by atoms with E-state index in [0.29, 0.717) is 69.1 Å². The van der Waals surface area contributed by atoms with Gasteiger partial charge in [0.1, 0.15) is 5.54 Å². The molecule has 0 aromatic heterocycles. The van der Waals surface area contributed by atoms with Gasteiger partial charge in [0.05, 0.1) is 6.61 Å². The number of amides is 3. The molecule has 0 aliphatic carbocycles. The molecule has 0 saturated carbocycles. The topological polar surface area (TPSA) is 99.8 Å². The van der Waals surface area contributed by atoms with Crippen LogP contribution in [0.5, 0.6) is 0 Å². The second-order valence-electron chi connectivity index (χ2n) is 9.70. The number of nitrogens with one attached hydrogen (secondary N) is 3. The molecule has 3 N–H and O–H groups in total. The van der Waals surface area contributed by atoms with Crippen molar-refractivity contribution >= 4 is 41.2 Å². The van der Waals surface area contributed by atoms with Crippen LogP contribution < -0.4 is 16.0 Å². The Hall–Kier alpha value is -3.36. The van der Waals surface area contributed by atoms with Crippen LogP contribution in [0, 0.1) is 0 Å². The third kappa shape index (κ3) is 6.94. The SMILES string of the molecule is CCOC(=O)N1CCC(NC(=O)C2(NC(=O)/C(=C/c3ccc(Cl)cc3)c3ccccc3)CCNCC2)CC1. The van der Waals surface area contributed by atoms with Crippen LogP contribution in [0.2, 0.25) is 5.02 Å². The second-order valence-corrected chi connectivity index (χ2v) is 10.1. The Morgan fingerprint density at radius 1 is 1.05 bits per heavy atom. The van der Waals surface area contributed by atoms with Gasteiger partial charge in [0.25, 0.3) is 5.91 Å². The maximum Gasteiger partial charge on any atom is 0.409 e. The Labute approximate surface area is 228 Å². The number of benzene rings is 2. The van der Waals surface area contributed by atoms with Gasteiger partial charge < -0.3 is 25.6 Å². The molecule has 3 amide bonds. The molecular formula is C29H35ClN4O4. The summed E-state index contributed by atoms with van der Waals surface area (Å²) in [6.45, 7) is 4.40. The van der Waals surface area contributed by atoms with Gasteiger partial charge >= 0.3 is 6.09 Å². The lowest BCUT2D eigenvalue weighted by Gasteiger charge is -2.39. The summed E-state index contributed by atoms with van der Waals surface area (Å²) >= 11 is 6.05. The smallest absolute Gasteiger partial charge is 0.409 e. The second kappa shape index (κ2) is 12.9. The van der Waals surface area contributed by atoms with Crippen LogP contribution in [0.15, 0.2) is 54.6 Å². The van der Waals surface area contributed by atoms with Crippen LogP contribution in [0.3, 0.4) is 0 Å². The van der Waals surface area contributed by atoms with E-state index in [1.54, 1.807) is 24.0 Å². The number of likely N-dealkylation sites (tertiary alicyclic amines) is 1. The summed E-state index contributed by atoms with van der Waals surface area (Å²) in [5, 5.41) is 10.2. The number of carbonyl (C=O) groups excluding carboxylic acids is 3. The Morgan fingerprint density at radius 3 is 2.34 bits per heavy atom. The highest BCUT2D eigenvalue weighted by atomic mass is 35.5. The predicted molar refractivity (Wildman–Crippen MR) is 149 cm³/mol. The monoisotopic (exact) mass is 538 g/mol. The molecule has 8 nitrogen and oxygen atoms in total.